The summed E-state index contributed by atoms with van der Waals surface area (Å²) in [6, 6.07) is 5.49. The topological polar surface area (TPSA) is 95.5 Å². The van der Waals surface area contributed by atoms with Crippen LogP contribution >= 0.6 is 22.9 Å². The maximum absolute atomic E-state index is 13.8. The van der Waals surface area contributed by atoms with Gasteiger partial charge in [0.05, 0.1) is 5.02 Å². The summed E-state index contributed by atoms with van der Waals surface area (Å²) in [5.41, 5.74) is 1.50. The molecule has 1 aromatic carbocycles. The lowest BCUT2D eigenvalue weighted by molar-refractivity contribution is -0.118. The zero-order valence-corrected chi connectivity index (χ0v) is 18.9. The van der Waals surface area contributed by atoms with E-state index in [0.717, 1.165) is 11.3 Å². The molecule has 2 aliphatic heterocycles. The predicted octanol–water partition coefficient (Wildman–Crippen LogP) is 3.30. The number of amides is 1. The van der Waals surface area contributed by atoms with E-state index in [1.54, 1.807) is 16.3 Å². The second-order valence-electron chi connectivity index (χ2n) is 7.39. The monoisotopic (exact) mass is 493 g/mol. The number of pyridine rings is 1. The van der Waals surface area contributed by atoms with E-state index in [4.69, 9.17) is 11.6 Å². The fourth-order valence-electron chi connectivity index (χ4n) is 4.09. The summed E-state index contributed by atoms with van der Waals surface area (Å²) in [5, 5.41) is 2.03. The Kier molecular flexibility index (Phi) is 5.26. The number of hydrogen-bond acceptors (Lipinski definition) is 7. The first-order chi connectivity index (χ1) is 15.3. The van der Waals surface area contributed by atoms with E-state index in [9.17, 15) is 17.6 Å². The molecular weight excluding hydrogens is 477 g/mol. The van der Waals surface area contributed by atoms with E-state index in [0.29, 0.717) is 31.7 Å². The average molecular weight is 494 g/mol. The van der Waals surface area contributed by atoms with Crippen molar-refractivity contribution >= 4 is 55.5 Å². The Bertz CT molecular complexity index is 1290. The van der Waals surface area contributed by atoms with E-state index >= 15 is 0 Å². The third kappa shape index (κ3) is 3.59. The lowest BCUT2D eigenvalue weighted by Gasteiger charge is -2.26. The van der Waals surface area contributed by atoms with E-state index in [1.165, 1.54) is 41.9 Å². The maximum atomic E-state index is 13.8. The molecule has 1 atom stereocenters. The highest BCUT2D eigenvalue weighted by Gasteiger charge is 2.40. The number of hydrogen-bond donors (Lipinski definition) is 1. The van der Waals surface area contributed by atoms with Crippen LogP contribution in [0.15, 0.2) is 46.9 Å². The van der Waals surface area contributed by atoms with E-state index < -0.39 is 21.9 Å². The molecule has 2 aromatic heterocycles. The Morgan fingerprint density at radius 2 is 2.03 bits per heavy atom. The molecule has 0 aliphatic carbocycles. The third-order valence-corrected chi connectivity index (χ3v) is 8.15. The first-order valence-electron chi connectivity index (χ1n) is 9.78. The molecule has 0 bridgehead atoms. The number of anilines is 3. The highest BCUT2D eigenvalue weighted by atomic mass is 35.5. The standard InChI is InChI=1S/C20H17ClFN5O3S2/c21-18-13-5-8-26(15(13)3-2-14(18)22)16-6-9-27(19(16)28)17-4-1-12(11-24-17)32(29,30)25-20-23-7-10-31-20/h1-4,7,10-11,16H,5-6,8-9H2,(H,23,25). The summed E-state index contributed by atoms with van der Waals surface area (Å²) >= 11 is 7.27. The van der Waals surface area contributed by atoms with Gasteiger partial charge in [-0.3, -0.25) is 14.4 Å². The van der Waals surface area contributed by atoms with Crippen molar-refractivity contribution in [1.29, 1.82) is 0 Å². The Labute approximate surface area is 192 Å². The molecule has 12 heteroatoms. The minimum atomic E-state index is -3.82. The molecule has 1 unspecified atom stereocenters. The van der Waals surface area contributed by atoms with Crippen LogP contribution in [0.4, 0.5) is 21.0 Å². The number of carbonyl (C=O) groups is 1. The fourth-order valence-corrected chi connectivity index (χ4v) is 6.07. The minimum Gasteiger partial charge on any atom is -0.359 e. The highest BCUT2D eigenvalue weighted by Crippen LogP contribution is 2.38. The molecule has 0 radical (unpaired) electrons. The lowest BCUT2D eigenvalue weighted by Crippen LogP contribution is -2.41. The number of carbonyl (C=O) groups excluding carboxylic acids is 1. The first kappa shape index (κ1) is 21.1. The Balaban J connectivity index is 1.33. The average Bonchev–Trinajstić information content (AvgIpc) is 3.51. The predicted molar refractivity (Wildman–Crippen MR) is 120 cm³/mol. The number of nitrogens with one attached hydrogen (secondary N) is 1. The molecule has 1 saturated heterocycles. The molecular formula is C20H17ClFN5O3S2. The molecule has 0 spiro atoms. The summed E-state index contributed by atoms with van der Waals surface area (Å²) in [5.74, 6) is -0.222. The zero-order chi connectivity index (χ0) is 22.5. The third-order valence-electron chi connectivity index (χ3n) is 5.60. The quantitative estimate of drug-likeness (QED) is 0.586. The second-order valence-corrected chi connectivity index (χ2v) is 10.3. The van der Waals surface area contributed by atoms with Crippen molar-refractivity contribution in [2.75, 3.05) is 27.6 Å². The van der Waals surface area contributed by atoms with Gasteiger partial charge in [0.1, 0.15) is 22.6 Å². The number of halogens is 2. The van der Waals surface area contributed by atoms with E-state index in [2.05, 4.69) is 14.7 Å². The summed E-state index contributed by atoms with van der Waals surface area (Å²) in [4.78, 5) is 24.8. The summed E-state index contributed by atoms with van der Waals surface area (Å²) in [7, 11) is -3.82. The minimum absolute atomic E-state index is 0.0233. The van der Waals surface area contributed by atoms with Crippen molar-refractivity contribution in [1.82, 2.24) is 9.97 Å². The number of thiazole rings is 1. The van der Waals surface area contributed by atoms with Gasteiger partial charge in [-0.25, -0.2) is 22.8 Å². The lowest BCUT2D eigenvalue weighted by atomic mass is 10.1. The van der Waals surface area contributed by atoms with Crippen molar-refractivity contribution in [3.05, 3.63) is 58.4 Å². The molecule has 4 heterocycles. The number of nitrogens with zero attached hydrogens (tertiary/aromatic N) is 4. The van der Waals surface area contributed by atoms with Crippen LogP contribution < -0.4 is 14.5 Å². The molecule has 32 heavy (non-hydrogen) atoms. The number of benzene rings is 1. The van der Waals surface area contributed by atoms with Crippen molar-refractivity contribution in [2.45, 2.75) is 23.8 Å². The van der Waals surface area contributed by atoms with Gasteiger partial charge < -0.3 is 4.90 Å². The fraction of sp³-hybridized carbons (Fsp3) is 0.250. The Morgan fingerprint density at radius 3 is 2.75 bits per heavy atom. The summed E-state index contributed by atoms with van der Waals surface area (Å²) in [6.45, 7) is 1.02. The molecule has 0 saturated carbocycles. The van der Waals surface area contributed by atoms with Crippen LogP contribution in [0, 0.1) is 5.82 Å². The van der Waals surface area contributed by atoms with Crippen molar-refractivity contribution < 1.29 is 17.6 Å². The van der Waals surface area contributed by atoms with Crippen LogP contribution in [0.25, 0.3) is 0 Å². The van der Waals surface area contributed by atoms with E-state index in [-0.39, 0.29) is 21.0 Å². The summed E-state index contributed by atoms with van der Waals surface area (Å²) in [6.07, 6.45) is 3.87. The largest absolute Gasteiger partial charge is 0.359 e. The number of aromatic nitrogens is 2. The Morgan fingerprint density at radius 1 is 1.19 bits per heavy atom. The maximum Gasteiger partial charge on any atom is 0.265 e. The number of fused-ring (bicyclic) bond motifs is 1. The van der Waals surface area contributed by atoms with Gasteiger partial charge in [0.25, 0.3) is 15.9 Å². The van der Waals surface area contributed by atoms with Crippen LogP contribution in [0.2, 0.25) is 5.02 Å². The van der Waals surface area contributed by atoms with E-state index in [1.807, 2.05) is 4.90 Å². The molecule has 2 aliphatic rings. The molecule has 1 N–H and O–H groups in total. The van der Waals surface area contributed by atoms with Gasteiger partial charge >= 0.3 is 0 Å². The van der Waals surface area contributed by atoms with Gasteiger partial charge in [-0.05, 0) is 42.7 Å². The molecule has 166 valence electrons. The smallest absolute Gasteiger partial charge is 0.265 e. The van der Waals surface area contributed by atoms with Gasteiger partial charge in [0.2, 0.25) is 0 Å². The second kappa shape index (κ2) is 7.98. The molecule has 5 rings (SSSR count). The van der Waals surface area contributed by atoms with Crippen molar-refractivity contribution in [3.8, 4) is 0 Å². The van der Waals surface area contributed by atoms with Gasteiger partial charge in [0, 0.05) is 36.6 Å². The van der Waals surface area contributed by atoms with Gasteiger partial charge in [-0.1, -0.05) is 11.6 Å². The number of rotatable bonds is 5. The number of sulfonamides is 1. The van der Waals surface area contributed by atoms with Gasteiger partial charge in [0.15, 0.2) is 5.13 Å². The van der Waals surface area contributed by atoms with Crippen LogP contribution in [0.5, 0.6) is 0 Å². The van der Waals surface area contributed by atoms with Crippen LogP contribution in [-0.4, -0.2) is 43.4 Å². The molecule has 1 amide bonds. The van der Waals surface area contributed by atoms with Crippen LogP contribution in [0.3, 0.4) is 0 Å². The van der Waals surface area contributed by atoms with Crippen molar-refractivity contribution in [3.63, 3.8) is 0 Å². The molecule has 8 nitrogen and oxygen atoms in total. The van der Waals surface area contributed by atoms with Crippen molar-refractivity contribution in [2.24, 2.45) is 0 Å². The van der Waals surface area contributed by atoms with Gasteiger partial charge in [-0.2, -0.15) is 0 Å². The highest BCUT2D eigenvalue weighted by molar-refractivity contribution is 7.93. The van der Waals surface area contributed by atoms with Crippen LogP contribution in [-0.2, 0) is 21.2 Å². The molecule has 3 aromatic rings. The first-order valence-corrected chi connectivity index (χ1v) is 12.5. The van der Waals surface area contributed by atoms with Crippen LogP contribution in [0.1, 0.15) is 12.0 Å². The summed E-state index contributed by atoms with van der Waals surface area (Å²) < 4.78 is 41.1. The Hall–Kier alpha value is -2.76. The SMILES string of the molecule is O=C1C(N2CCc3c2ccc(F)c3Cl)CCN1c1ccc(S(=O)(=O)Nc2nccs2)cn1. The van der Waals surface area contributed by atoms with Gasteiger partial charge in [-0.15, -0.1) is 11.3 Å². The normalized spacial score (nSPS) is 18.3. The molecule has 1 fully saturated rings. The zero-order valence-electron chi connectivity index (χ0n) is 16.5.